The summed E-state index contributed by atoms with van der Waals surface area (Å²) >= 11 is 1.66. The maximum Gasteiger partial charge on any atom is 0.236 e. The van der Waals surface area contributed by atoms with Gasteiger partial charge in [-0.1, -0.05) is 0 Å². The highest BCUT2D eigenvalue weighted by Gasteiger charge is 2.26. The summed E-state index contributed by atoms with van der Waals surface area (Å²) in [7, 11) is 0. The number of hydrogen-bond donors (Lipinski definition) is 1. The molecule has 2 saturated heterocycles. The second-order valence-electron chi connectivity index (χ2n) is 8.53. The molecular weight excluding hydrogens is 376 g/mol. The summed E-state index contributed by atoms with van der Waals surface area (Å²) in [6.07, 6.45) is 1.84. The van der Waals surface area contributed by atoms with Gasteiger partial charge in [-0.3, -0.25) is 19.4 Å². The van der Waals surface area contributed by atoms with Crippen LogP contribution in [0, 0.1) is 0 Å². The number of hydrogen-bond acceptors (Lipinski definition) is 7. The quantitative estimate of drug-likeness (QED) is 0.757. The zero-order chi connectivity index (χ0) is 20.1. The Balaban J connectivity index is 1.36. The summed E-state index contributed by atoms with van der Waals surface area (Å²) in [5.74, 6) is 0.242. The van der Waals surface area contributed by atoms with Gasteiger partial charge in [0.05, 0.1) is 13.1 Å². The minimum absolute atomic E-state index is 0.0466. The number of carbonyl (C=O) groups excluding carboxylic acids is 2. The van der Waals surface area contributed by atoms with Crippen LogP contribution in [0.4, 0.5) is 5.13 Å². The molecule has 0 bridgehead atoms. The molecule has 0 aromatic carbocycles. The van der Waals surface area contributed by atoms with Crippen LogP contribution in [0.25, 0.3) is 0 Å². The van der Waals surface area contributed by atoms with Crippen LogP contribution in [0.5, 0.6) is 0 Å². The number of carbonyl (C=O) groups is 2. The molecule has 2 aliphatic heterocycles. The van der Waals surface area contributed by atoms with Crippen LogP contribution in [0.1, 0.15) is 20.8 Å². The lowest BCUT2D eigenvalue weighted by Crippen LogP contribution is -2.55. The van der Waals surface area contributed by atoms with Gasteiger partial charge in [-0.05, 0) is 20.8 Å². The van der Waals surface area contributed by atoms with Crippen LogP contribution < -0.4 is 10.2 Å². The molecule has 8 nitrogen and oxygen atoms in total. The summed E-state index contributed by atoms with van der Waals surface area (Å²) in [5, 5.41) is 6.06. The molecule has 1 aromatic rings. The lowest BCUT2D eigenvalue weighted by Gasteiger charge is -2.38. The van der Waals surface area contributed by atoms with Gasteiger partial charge < -0.3 is 15.1 Å². The van der Waals surface area contributed by atoms with E-state index in [-0.39, 0.29) is 17.4 Å². The highest BCUT2D eigenvalue weighted by Crippen LogP contribution is 2.18. The molecule has 0 unspecified atom stereocenters. The first-order chi connectivity index (χ1) is 13.3. The van der Waals surface area contributed by atoms with E-state index in [0.717, 1.165) is 44.4 Å². The summed E-state index contributed by atoms with van der Waals surface area (Å²) in [6.45, 7) is 13.3. The van der Waals surface area contributed by atoms with E-state index in [1.54, 1.807) is 11.3 Å². The van der Waals surface area contributed by atoms with E-state index in [2.05, 4.69) is 25.0 Å². The van der Waals surface area contributed by atoms with Gasteiger partial charge in [-0.15, -0.1) is 11.3 Å². The number of nitrogens with zero attached hydrogens (tertiary/aromatic N) is 5. The van der Waals surface area contributed by atoms with Gasteiger partial charge >= 0.3 is 0 Å². The molecule has 0 saturated carbocycles. The van der Waals surface area contributed by atoms with Gasteiger partial charge in [0.1, 0.15) is 0 Å². The van der Waals surface area contributed by atoms with E-state index in [0.29, 0.717) is 26.2 Å². The number of nitrogens with one attached hydrogen (secondary N) is 1. The van der Waals surface area contributed by atoms with Gasteiger partial charge in [-0.2, -0.15) is 0 Å². The maximum absolute atomic E-state index is 12.7. The second kappa shape index (κ2) is 9.19. The monoisotopic (exact) mass is 408 g/mol. The number of rotatable bonds is 5. The van der Waals surface area contributed by atoms with Crippen molar-refractivity contribution in [3.8, 4) is 0 Å². The Hall–Kier alpha value is -1.71. The number of amides is 2. The van der Waals surface area contributed by atoms with Crippen LogP contribution in [0.3, 0.4) is 0 Å². The Kier molecular flexibility index (Phi) is 6.90. The van der Waals surface area contributed by atoms with E-state index in [4.69, 9.17) is 0 Å². The lowest BCUT2D eigenvalue weighted by atomic mass is 10.1. The first-order valence-electron chi connectivity index (χ1n) is 9.98. The largest absolute Gasteiger partial charge is 0.350 e. The summed E-state index contributed by atoms with van der Waals surface area (Å²) in [4.78, 5) is 37.7. The van der Waals surface area contributed by atoms with Crippen molar-refractivity contribution in [2.75, 3.05) is 70.3 Å². The Morgan fingerprint density at radius 1 is 1.00 bits per heavy atom. The summed E-state index contributed by atoms with van der Waals surface area (Å²) in [6, 6.07) is 0. The maximum atomic E-state index is 12.7. The smallest absolute Gasteiger partial charge is 0.236 e. The number of aromatic nitrogens is 1. The fourth-order valence-corrected chi connectivity index (χ4v) is 4.27. The van der Waals surface area contributed by atoms with Crippen LogP contribution in [0.2, 0.25) is 0 Å². The van der Waals surface area contributed by atoms with E-state index in [9.17, 15) is 9.59 Å². The van der Waals surface area contributed by atoms with Crippen LogP contribution in [-0.4, -0.2) is 102 Å². The Morgan fingerprint density at radius 3 is 2.18 bits per heavy atom. The third-order valence-electron chi connectivity index (χ3n) is 5.03. The third-order valence-corrected chi connectivity index (χ3v) is 5.86. The molecule has 1 aromatic heterocycles. The van der Waals surface area contributed by atoms with Crippen LogP contribution in [0.15, 0.2) is 11.6 Å². The average molecular weight is 409 g/mol. The number of piperazine rings is 2. The first kappa shape index (κ1) is 21.0. The molecule has 28 heavy (non-hydrogen) atoms. The molecule has 2 fully saturated rings. The van der Waals surface area contributed by atoms with Crippen molar-refractivity contribution >= 4 is 28.3 Å². The van der Waals surface area contributed by atoms with Gasteiger partial charge in [-0.25, -0.2) is 4.98 Å². The Morgan fingerprint density at radius 2 is 1.61 bits per heavy atom. The Bertz CT molecular complexity index is 644. The summed E-state index contributed by atoms with van der Waals surface area (Å²) < 4.78 is 0. The van der Waals surface area contributed by atoms with E-state index >= 15 is 0 Å². The van der Waals surface area contributed by atoms with Crippen LogP contribution >= 0.6 is 11.3 Å². The first-order valence-corrected chi connectivity index (χ1v) is 10.9. The van der Waals surface area contributed by atoms with Gasteiger partial charge in [0.25, 0.3) is 0 Å². The molecule has 3 rings (SSSR count). The normalized spacial score (nSPS) is 19.7. The van der Waals surface area contributed by atoms with Crippen molar-refractivity contribution in [2.24, 2.45) is 0 Å². The molecule has 156 valence electrons. The van der Waals surface area contributed by atoms with Crippen LogP contribution in [-0.2, 0) is 9.59 Å². The average Bonchev–Trinajstić information content (AvgIpc) is 3.16. The molecule has 0 radical (unpaired) electrons. The minimum atomic E-state index is -0.210. The zero-order valence-electron chi connectivity index (χ0n) is 17.2. The number of thiazole rings is 1. The molecule has 0 aliphatic carbocycles. The van der Waals surface area contributed by atoms with E-state index < -0.39 is 0 Å². The van der Waals surface area contributed by atoms with Crippen molar-refractivity contribution in [1.29, 1.82) is 0 Å². The predicted molar refractivity (Wildman–Crippen MR) is 112 cm³/mol. The molecule has 0 atom stereocenters. The van der Waals surface area contributed by atoms with Gasteiger partial charge in [0, 0.05) is 69.5 Å². The number of anilines is 1. The molecule has 1 N–H and O–H groups in total. The van der Waals surface area contributed by atoms with E-state index in [1.807, 2.05) is 37.2 Å². The van der Waals surface area contributed by atoms with Crippen molar-refractivity contribution in [3.63, 3.8) is 0 Å². The van der Waals surface area contributed by atoms with Gasteiger partial charge in [0.2, 0.25) is 11.8 Å². The fraction of sp³-hybridized carbons (Fsp3) is 0.737. The molecule has 9 heteroatoms. The summed E-state index contributed by atoms with van der Waals surface area (Å²) in [5.41, 5.74) is -0.210. The fourth-order valence-electron chi connectivity index (χ4n) is 3.58. The highest BCUT2D eigenvalue weighted by atomic mass is 32.1. The lowest BCUT2D eigenvalue weighted by molar-refractivity contribution is -0.134. The highest BCUT2D eigenvalue weighted by molar-refractivity contribution is 7.13. The van der Waals surface area contributed by atoms with E-state index in [1.165, 1.54) is 0 Å². The SMILES string of the molecule is CC(C)(C)NC(=O)CN1CCN(C(=O)CN2CCN(c3nccs3)CC2)CC1. The topological polar surface area (TPSA) is 72.0 Å². The van der Waals surface area contributed by atoms with Crippen molar-refractivity contribution in [1.82, 2.24) is 25.0 Å². The molecule has 3 heterocycles. The molecule has 2 amide bonds. The second-order valence-corrected chi connectivity index (χ2v) is 9.41. The standard InChI is InChI=1S/C19H32N6O2S/c1-19(2,3)21-16(26)14-22-5-9-24(10-6-22)17(27)15-23-7-11-25(12-8-23)18-20-4-13-28-18/h4,13H,5-12,14-15H2,1-3H3,(H,21,26). The van der Waals surface area contributed by atoms with Crippen molar-refractivity contribution in [3.05, 3.63) is 11.6 Å². The minimum Gasteiger partial charge on any atom is -0.350 e. The molecular formula is C19H32N6O2S. The van der Waals surface area contributed by atoms with Gasteiger partial charge in [0.15, 0.2) is 5.13 Å². The Labute approximate surface area is 171 Å². The zero-order valence-corrected chi connectivity index (χ0v) is 18.0. The third kappa shape index (κ3) is 6.15. The molecule has 0 spiro atoms. The molecule has 2 aliphatic rings. The van der Waals surface area contributed by atoms with Crippen molar-refractivity contribution in [2.45, 2.75) is 26.3 Å². The van der Waals surface area contributed by atoms with Crippen molar-refractivity contribution < 1.29 is 9.59 Å². The predicted octanol–water partition coefficient (Wildman–Crippen LogP) is 0.324.